The standard InChI is InChI=1S/C27H19ClN2O3S/c1-17-9-14-22(28)25-23(17)29-27(34-25)30(16-21-8-5-15-33-21)26(32)20-12-10-19(11-13-20)24(31)18-6-3-2-4-7-18/h2-15H,16H2,1H3. The third kappa shape index (κ3) is 4.25. The van der Waals surface area contributed by atoms with Gasteiger partial charge in [-0.3, -0.25) is 14.5 Å². The quantitative estimate of drug-likeness (QED) is 0.244. The van der Waals surface area contributed by atoms with Crippen molar-refractivity contribution in [2.75, 3.05) is 4.90 Å². The second-order valence-corrected chi connectivity index (χ2v) is 9.17. The summed E-state index contributed by atoms with van der Waals surface area (Å²) in [6.45, 7) is 2.18. The van der Waals surface area contributed by atoms with Gasteiger partial charge >= 0.3 is 0 Å². The smallest absolute Gasteiger partial charge is 0.260 e. The van der Waals surface area contributed by atoms with Gasteiger partial charge in [0, 0.05) is 16.7 Å². The van der Waals surface area contributed by atoms with Crippen molar-refractivity contribution in [3.63, 3.8) is 0 Å². The highest BCUT2D eigenvalue weighted by Gasteiger charge is 2.24. The van der Waals surface area contributed by atoms with E-state index < -0.39 is 0 Å². The Morgan fingerprint density at radius 3 is 2.29 bits per heavy atom. The van der Waals surface area contributed by atoms with E-state index in [9.17, 15) is 9.59 Å². The van der Waals surface area contributed by atoms with Gasteiger partial charge in [-0.2, -0.15) is 0 Å². The molecule has 7 heteroatoms. The number of thiazole rings is 1. The lowest BCUT2D eigenvalue weighted by Gasteiger charge is -2.19. The lowest BCUT2D eigenvalue weighted by Crippen LogP contribution is -2.30. The fourth-order valence-electron chi connectivity index (χ4n) is 3.67. The van der Waals surface area contributed by atoms with Gasteiger partial charge in [0.2, 0.25) is 0 Å². The third-order valence-corrected chi connectivity index (χ3v) is 7.02. The number of fused-ring (bicyclic) bond motifs is 1. The van der Waals surface area contributed by atoms with Gasteiger partial charge in [0.15, 0.2) is 10.9 Å². The molecule has 0 spiro atoms. The number of anilines is 1. The van der Waals surface area contributed by atoms with Crippen molar-refractivity contribution in [2.45, 2.75) is 13.5 Å². The van der Waals surface area contributed by atoms with E-state index in [0.717, 1.165) is 15.8 Å². The van der Waals surface area contributed by atoms with Gasteiger partial charge in [-0.05, 0) is 42.8 Å². The fourth-order valence-corrected chi connectivity index (χ4v) is 4.98. The van der Waals surface area contributed by atoms with E-state index in [0.29, 0.717) is 32.6 Å². The van der Waals surface area contributed by atoms with E-state index in [2.05, 4.69) is 0 Å². The Kier molecular flexibility index (Phi) is 6.01. The van der Waals surface area contributed by atoms with Crippen LogP contribution in [0.1, 0.15) is 37.6 Å². The molecule has 0 fully saturated rings. The van der Waals surface area contributed by atoms with Crippen LogP contribution in [0, 0.1) is 6.92 Å². The number of halogens is 1. The van der Waals surface area contributed by atoms with Gasteiger partial charge in [-0.1, -0.05) is 71.5 Å². The summed E-state index contributed by atoms with van der Waals surface area (Å²) < 4.78 is 6.34. The van der Waals surface area contributed by atoms with E-state index in [4.69, 9.17) is 21.0 Å². The molecule has 5 aromatic rings. The molecule has 1 amide bonds. The highest BCUT2D eigenvalue weighted by Crippen LogP contribution is 2.36. The summed E-state index contributed by atoms with van der Waals surface area (Å²) in [5, 5.41) is 1.12. The van der Waals surface area contributed by atoms with Crippen LogP contribution in [-0.4, -0.2) is 16.7 Å². The Morgan fingerprint density at radius 2 is 1.62 bits per heavy atom. The molecule has 0 aliphatic rings. The maximum Gasteiger partial charge on any atom is 0.260 e. The first kappa shape index (κ1) is 22.1. The van der Waals surface area contributed by atoms with Crippen LogP contribution >= 0.6 is 22.9 Å². The average molecular weight is 487 g/mol. The number of rotatable bonds is 6. The molecular weight excluding hydrogens is 468 g/mol. The van der Waals surface area contributed by atoms with Crippen LogP contribution < -0.4 is 4.90 Å². The van der Waals surface area contributed by atoms with E-state index in [1.165, 1.54) is 11.3 Å². The summed E-state index contributed by atoms with van der Waals surface area (Å²) in [6.07, 6.45) is 1.57. The minimum atomic E-state index is -0.247. The normalized spacial score (nSPS) is 11.0. The number of furan rings is 1. The largest absolute Gasteiger partial charge is 0.467 e. The maximum absolute atomic E-state index is 13.6. The first-order chi connectivity index (χ1) is 16.5. The summed E-state index contributed by atoms with van der Waals surface area (Å²) in [6, 6.07) is 23.1. The van der Waals surface area contributed by atoms with Crippen LogP contribution in [0.15, 0.2) is 89.5 Å². The molecule has 5 rings (SSSR count). The topological polar surface area (TPSA) is 63.4 Å². The van der Waals surface area contributed by atoms with Crippen molar-refractivity contribution in [1.29, 1.82) is 0 Å². The predicted molar refractivity (Wildman–Crippen MR) is 135 cm³/mol. The number of carbonyl (C=O) groups excluding carboxylic acids is 2. The van der Waals surface area contributed by atoms with Gasteiger partial charge in [0.05, 0.1) is 28.0 Å². The predicted octanol–water partition coefficient (Wildman–Crippen LogP) is 6.93. The highest BCUT2D eigenvalue weighted by atomic mass is 35.5. The molecule has 0 aliphatic carbocycles. The number of hydrogen-bond donors (Lipinski definition) is 0. The van der Waals surface area contributed by atoms with E-state index >= 15 is 0 Å². The number of aryl methyl sites for hydroxylation is 1. The van der Waals surface area contributed by atoms with Crippen molar-refractivity contribution >= 4 is 50.0 Å². The lowest BCUT2D eigenvalue weighted by molar-refractivity contribution is 0.0981. The van der Waals surface area contributed by atoms with Crippen molar-refractivity contribution in [3.8, 4) is 0 Å². The molecular formula is C27H19ClN2O3S. The van der Waals surface area contributed by atoms with Crippen molar-refractivity contribution < 1.29 is 14.0 Å². The van der Waals surface area contributed by atoms with Crippen molar-refractivity contribution in [2.24, 2.45) is 0 Å². The minimum Gasteiger partial charge on any atom is -0.467 e. The number of hydrogen-bond acceptors (Lipinski definition) is 5. The number of amides is 1. The van der Waals surface area contributed by atoms with Gasteiger partial charge in [-0.25, -0.2) is 4.98 Å². The van der Waals surface area contributed by atoms with Crippen LogP contribution in [0.3, 0.4) is 0 Å². The van der Waals surface area contributed by atoms with Crippen LogP contribution in [0.25, 0.3) is 10.2 Å². The minimum absolute atomic E-state index is 0.0941. The Labute approximate surface area is 205 Å². The molecule has 0 atom stereocenters. The molecule has 2 heterocycles. The van der Waals surface area contributed by atoms with Gasteiger partial charge < -0.3 is 4.42 Å². The summed E-state index contributed by atoms with van der Waals surface area (Å²) in [5.41, 5.74) is 3.31. The van der Waals surface area contributed by atoms with Crippen LogP contribution in [-0.2, 0) is 6.54 Å². The molecule has 5 nitrogen and oxygen atoms in total. The second kappa shape index (κ2) is 9.25. The molecule has 168 valence electrons. The Hall–Kier alpha value is -3.74. The van der Waals surface area contributed by atoms with Gasteiger partial charge in [-0.15, -0.1) is 0 Å². The monoisotopic (exact) mass is 486 g/mol. The zero-order valence-electron chi connectivity index (χ0n) is 18.2. The molecule has 0 saturated carbocycles. The number of carbonyl (C=O) groups is 2. The molecule has 34 heavy (non-hydrogen) atoms. The highest BCUT2D eigenvalue weighted by molar-refractivity contribution is 7.23. The first-order valence-electron chi connectivity index (χ1n) is 10.6. The number of ketones is 1. The van der Waals surface area contributed by atoms with E-state index in [1.807, 2.05) is 43.3 Å². The molecule has 0 saturated heterocycles. The number of aromatic nitrogens is 1. The first-order valence-corrected chi connectivity index (χ1v) is 11.8. The van der Waals surface area contributed by atoms with E-state index in [-0.39, 0.29) is 18.2 Å². The van der Waals surface area contributed by atoms with Crippen LogP contribution in [0.5, 0.6) is 0 Å². The van der Waals surface area contributed by atoms with Crippen molar-refractivity contribution in [3.05, 3.63) is 118 Å². The molecule has 0 unspecified atom stereocenters. The lowest BCUT2D eigenvalue weighted by atomic mass is 10.0. The van der Waals surface area contributed by atoms with Gasteiger partial charge in [0.1, 0.15) is 5.76 Å². The third-order valence-electron chi connectivity index (χ3n) is 5.49. The fraction of sp³-hybridized carbons (Fsp3) is 0.0741. The summed E-state index contributed by atoms with van der Waals surface area (Å²) in [5.74, 6) is 0.289. The van der Waals surface area contributed by atoms with Crippen LogP contribution in [0.2, 0.25) is 5.02 Å². The maximum atomic E-state index is 13.6. The molecule has 0 bridgehead atoms. The molecule has 0 N–H and O–H groups in total. The zero-order chi connectivity index (χ0) is 23.7. The molecule has 2 aromatic heterocycles. The second-order valence-electron chi connectivity index (χ2n) is 7.78. The number of nitrogens with zero attached hydrogens (tertiary/aromatic N) is 2. The molecule has 0 radical (unpaired) electrons. The average Bonchev–Trinajstić information content (AvgIpc) is 3.55. The zero-order valence-corrected chi connectivity index (χ0v) is 19.8. The Bertz CT molecular complexity index is 1440. The van der Waals surface area contributed by atoms with Crippen molar-refractivity contribution in [1.82, 2.24) is 4.98 Å². The van der Waals surface area contributed by atoms with Crippen LogP contribution in [0.4, 0.5) is 5.13 Å². The molecule has 0 aliphatic heterocycles. The van der Waals surface area contributed by atoms with Gasteiger partial charge in [0.25, 0.3) is 5.91 Å². The Balaban J connectivity index is 1.49. The summed E-state index contributed by atoms with van der Waals surface area (Å²) in [7, 11) is 0. The number of benzene rings is 3. The van der Waals surface area contributed by atoms with E-state index in [1.54, 1.807) is 53.6 Å². The summed E-state index contributed by atoms with van der Waals surface area (Å²) >= 11 is 7.76. The Morgan fingerprint density at radius 1 is 0.912 bits per heavy atom. The summed E-state index contributed by atoms with van der Waals surface area (Å²) in [4.78, 5) is 32.6. The SMILES string of the molecule is Cc1ccc(Cl)c2sc(N(Cc3ccco3)C(=O)c3ccc(C(=O)c4ccccc4)cc3)nc12. The molecule has 3 aromatic carbocycles.